The second-order valence-electron chi connectivity index (χ2n) is 5.27. The summed E-state index contributed by atoms with van der Waals surface area (Å²) < 4.78 is 5.13. The molecule has 0 bridgehead atoms. The minimum absolute atomic E-state index is 0.152. The number of ether oxygens (including phenoxy) is 1. The molecule has 1 N–H and O–H groups in total. The molecule has 5 nitrogen and oxygen atoms in total. The van der Waals surface area contributed by atoms with Crippen molar-refractivity contribution in [2.24, 2.45) is 5.16 Å². The summed E-state index contributed by atoms with van der Waals surface area (Å²) in [6.07, 6.45) is -0.108. The summed E-state index contributed by atoms with van der Waals surface area (Å²) in [6.45, 7) is 0.484. The number of carbonyl (C=O) groups excluding carboxylic acids is 1. The fourth-order valence-corrected chi connectivity index (χ4v) is 2.37. The highest BCUT2D eigenvalue weighted by atomic mass is 16.6. The van der Waals surface area contributed by atoms with Gasteiger partial charge in [-0.3, -0.25) is 4.79 Å². The Hall–Kier alpha value is -2.82. The van der Waals surface area contributed by atoms with Gasteiger partial charge in [0.1, 0.15) is 5.75 Å². The lowest BCUT2D eigenvalue weighted by Crippen LogP contribution is -2.34. The maximum Gasteiger partial charge on any atom is 0.264 e. The molecular formula is C18H18N2O3. The Labute approximate surface area is 134 Å². The van der Waals surface area contributed by atoms with E-state index in [1.807, 2.05) is 54.6 Å². The van der Waals surface area contributed by atoms with Gasteiger partial charge < -0.3 is 14.9 Å². The van der Waals surface area contributed by atoms with Crippen LogP contribution in [0.5, 0.6) is 5.75 Å². The second kappa shape index (κ2) is 6.96. The van der Waals surface area contributed by atoms with E-state index >= 15 is 0 Å². The zero-order valence-electron chi connectivity index (χ0n) is 12.9. The van der Waals surface area contributed by atoms with Crippen molar-refractivity contribution >= 4 is 11.6 Å². The first-order valence-corrected chi connectivity index (χ1v) is 7.45. The second-order valence-corrected chi connectivity index (χ2v) is 5.27. The lowest BCUT2D eigenvalue weighted by atomic mass is 10.0. The lowest BCUT2D eigenvalue weighted by molar-refractivity contribution is -0.131. The molecule has 0 unspecified atom stereocenters. The predicted molar refractivity (Wildman–Crippen MR) is 87.3 cm³/mol. The largest absolute Gasteiger partial charge is 0.497 e. The molecule has 2 aromatic rings. The van der Waals surface area contributed by atoms with E-state index < -0.39 is 6.10 Å². The minimum Gasteiger partial charge on any atom is -0.497 e. The van der Waals surface area contributed by atoms with Gasteiger partial charge in [0.2, 0.25) is 6.10 Å². The Bertz CT molecular complexity index is 696. The van der Waals surface area contributed by atoms with E-state index in [-0.39, 0.29) is 5.91 Å². The van der Waals surface area contributed by atoms with Crippen LogP contribution < -0.4 is 10.1 Å². The molecule has 3 rings (SSSR count). The summed E-state index contributed by atoms with van der Waals surface area (Å²) in [5.41, 5.74) is 2.76. The molecule has 0 saturated heterocycles. The van der Waals surface area contributed by atoms with Crippen molar-refractivity contribution in [1.29, 1.82) is 0 Å². The molecule has 118 valence electrons. The molecule has 1 heterocycles. The van der Waals surface area contributed by atoms with Crippen molar-refractivity contribution < 1.29 is 14.4 Å². The van der Waals surface area contributed by atoms with Crippen LogP contribution in [0.2, 0.25) is 0 Å². The van der Waals surface area contributed by atoms with Crippen LogP contribution in [0.3, 0.4) is 0 Å². The van der Waals surface area contributed by atoms with E-state index in [1.54, 1.807) is 7.11 Å². The van der Waals surface area contributed by atoms with Crippen LogP contribution in [0.25, 0.3) is 0 Å². The summed E-state index contributed by atoms with van der Waals surface area (Å²) in [5, 5.41) is 6.91. The number of methoxy groups -OCH3 is 1. The molecule has 2 aromatic carbocycles. The van der Waals surface area contributed by atoms with Crippen molar-refractivity contribution in [2.45, 2.75) is 19.1 Å². The van der Waals surface area contributed by atoms with Crippen molar-refractivity contribution in [3.63, 3.8) is 0 Å². The maximum absolute atomic E-state index is 12.2. The number of nitrogens with zero attached hydrogens (tertiary/aromatic N) is 1. The number of hydrogen-bond donors (Lipinski definition) is 1. The molecule has 23 heavy (non-hydrogen) atoms. The van der Waals surface area contributed by atoms with Gasteiger partial charge in [-0.25, -0.2) is 0 Å². The molecule has 1 aliphatic rings. The van der Waals surface area contributed by atoms with Crippen molar-refractivity contribution in [3.05, 3.63) is 65.7 Å². The third-order valence-corrected chi connectivity index (χ3v) is 3.69. The summed E-state index contributed by atoms with van der Waals surface area (Å²) in [6, 6.07) is 17.3. The van der Waals surface area contributed by atoms with Gasteiger partial charge in [0, 0.05) is 13.0 Å². The van der Waals surface area contributed by atoms with Crippen LogP contribution in [0, 0.1) is 0 Å². The summed E-state index contributed by atoms with van der Waals surface area (Å²) in [4.78, 5) is 17.4. The number of hydrogen-bond acceptors (Lipinski definition) is 4. The van der Waals surface area contributed by atoms with Gasteiger partial charge >= 0.3 is 0 Å². The van der Waals surface area contributed by atoms with Crippen molar-refractivity contribution in [2.75, 3.05) is 7.11 Å². The Balaban J connectivity index is 1.54. The lowest BCUT2D eigenvalue weighted by Gasteiger charge is -2.09. The summed E-state index contributed by atoms with van der Waals surface area (Å²) >= 11 is 0. The smallest absolute Gasteiger partial charge is 0.264 e. The number of nitrogens with one attached hydrogen (secondary N) is 1. The molecule has 0 spiro atoms. The first-order chi connectivity index (χ1) is 11.3. The minimum atomic E-state index is -0.573. The summed E-state index contributed by atoms with van der Waals surface area (Å²) in [5.74, 6) is 0.631. The molecular weight excluding hydrogens is 292 g/mol. The normalized spacial score (nSPS) is 16.4. The average Bonchev–Trinajstić information content (AvgIpc) is 3.11. The van der Waals surface area contributed by atoms with Gasteiger partial charge in [0.25, 0.3) is 5.91 Å². The standard InChI is InChI=1S/C18H18N2O3/c1-22-15-9-7-14(8-10-15)16-11-17(23-20-16)18(21)19-12-13-5-3-2-4-6-13/h2-10,17H,11-12H2,1H3,(H,19,21)/t17-/m1/s1. The Morgan fingerprint density at radius 1 is 1.22 bits per heavy atom. The Morgan fingerprint density at radius 3 is 2.65 bits per heavy atom. The highest BCUT2D eigenvalue weighted by Crippen LogP contribution is 2.19. The van der Waals surface area contributed by atoms with Gasteiger partial charge in [0.05, 0.1) is 12.8 Å². The SMILES string of the molecule is COc1ccc(C2=NO[C@@H](C(=O)NCc3ccccc3)C2)cc1. The number of benzene rings is 2. The molecule has 0 saturated carbocycles. The molecule has 1 atom stereocenters. The maximum atomic E-state index is 12.2. The van der Waals surface area contributed by atoms with E-state index in [0.717, 1.165) is 22.6 Å². The monoisotopic (exact) mass is 310 g/mol. The zero-order valence-corrected chi connectivity index (χ0v) is 12.9. The number of amides is 1. The van der Waals surface area contributed by atoms with Crippen molar-refractivity contribution in [1.82, 2.24) is 5.32 Å². The number of carbonyl (C=O) groups is 1. The predicted octanol–water partition coefficient (Wildman–Crippen LogP) is 2.50. The van der Waals surface area contributed by atoms with E-state index in [2.05, 4.69) is 10.5 Å². The molecule has 0 aliphatic carbocycles. The van der Waals surface area contributed by atoms with Gasteiger partial charge in [0.15, 0.2) is 0 Å². The Morgan fingerprint density at radius 2 is 1.96 bits per heavy atom. The van der Waals surface area contributed by atoms with E-state index in [0.29, 0.717) is 13.0 Å². The third kappa shape index (κ3) is 3.69. The van der Waals surface area contributed by atoms with Crippen LogP contribution >= 0.6 is 0 Å². The highest BCUT2D eigenvalue weighted by molar-refractivity contribution is 6.04. The first kappa shape index (κ1) is 15.1. The fourth-order valence-electron chi connectivity index (χ4n) is 2.37. The van der Waals surface area contributed by atoms with Crippen LogP contribution in [0.15, 0.2) is 59.8 Å². The number of rotatable bonds is 5. The fraction of sp³-hybridized carbons (Fsp3) is 0.222. The van der Waals surface area contributed by atoms with Crippen LogP contribution in [0.1, 0.15) is 17.5 Å². The first-order valence-electron chi connectivity index (χ1n) is 7.45. The van der Waals surface area contributed by atoms with E-state index in [9.17, 15) is 4.79 Å². The van der Waals surface area contributed by atoms with Crippen molar-refractivity contribution in [3.8, 4) is 5.75 Å². The quantitative estimate of drug-likeness (QED) is 0.923. The zero-order chi connectivity index (χ0) is 16.1. The van der Waals surface area contributed by atoms with Gasteiger partial charge in [-0.05, 0) is 35.4 Å². The van der Waals surface area contributed by atoms with Crippen LogP contribution in [-0.2, 0) is 16.2 Å². The summed E-state index contributed by atoms with van der Waals surface area (Å²) in [7, 11) is 1.62. The van der Waals surface area contributed by atoms with Gasteiger partial charge in [-0.15, -0.1) is 0 Å². The van der Waals surface area contributed by atoms with Crippen LogP contribution in [-0.4, -0.2) is 24.8 Å². The highest BCUT2D eigenvalue weighted by Gasteiger charge is 2.28. The van der Waals surface area contributed by atoms with Gasteiger partial charge in [-0.2, -0.15) is 0 Å². The third-order valence-electron chi connectivity index (χ3n) is 3.69. The molecule has 1 amide bonds. The topological polar surface area (TPSA) is 59.9 Å². The number of oxime groups is 1. The molecule has 0 fully saturated rings. The molecule has 5 heteroatoms. The Kier molecular flexibility index (Phi) is 4.57. The molecule has 0 aromatic heterocycles. The van der Waals surface area contributed by atoms with Crippen LogP contribution in [0.4, 0.5) is 0 Å². The van der Waals surface area contributed by atoms with E-state index in [4.69, 9.17) is 9.57 Å². The average molecular weight is 310 g/mol. The van der Waals surface area contributed by atoms with Gasteiger partial charge in [-0.1, -0.05) is 35.5 Å². The molecule has 1 aliphatic heterocycles. The van der Waals surface area contributed by atoms with E-state index in [1.165, 1.54) is 0 Å². The molecule has 0 radical (unpaired) electrons.